The summed E-state index contributed by atoms with van der Waals surface area (Å²) in [5.41, 5.74) is 5.10. The first-order valence-corrected chi connectivity index (χ1v) is 1.91. The zero-order valence-corrected chi connectivity index (χ0v) is 3.41. The molecule has 0 unspecified atom stereocenters. The molecule has 0 heterocycles. The van der Waals surface area contributed by atoms with Crippen molar-refractivity contribution in [2.45, 2.75) is 12.8 Å². The molecule has 0 aliphatic heterocycles. The lowest BCUT2D eigenvalue weighted by Gasteiger charge is -1.80. The maximum Gasteiger partial charge on any atom is -0.00773 e. The molecule has 0 atom stereocenters. The molecule has 1 heteroatoms. The number of nitrogens with two attached hydrogens (primary N) is 1. The predicted octanol–water partition coefficient (Wildman–Crippen LogP) is 0.559. The van der Waals surface area contributed by atoms with Crippen LogP contribution in [-0.4, -0.2) is 6.54 Å². The number of rotatable bonds is 2. The Balaban J connectivity index is 2.19. The summed E-state index contributed by atoms with van der Waals surface area (Å²) in [6, 6.07) is 0. The van der Waals surface area contributed by atoms with Crippen LogP contribution in [0.25, 0.3) is 0 Å². The zero-order chi connectivity index (χ0) is 4.12. The molecule has 0 saturated heterocycles. The van der Waals surface area contributed by atoms with E-state index in [1.807, 2.05) is 0 Å². The van der Waals surface area contributed by atoms with Gasteiger partial charge in [0.2, 0.25) is 0 Å². The maximum absolute atomic E-state index is 5.10. The van der Waals surface area contributed by atoms with Gasteiger partial charge >= 0.3 is 0 Å². The highest BCUT2D eigenvalue weighted by atomic mass is 14.5. The molecule has 0 spiro atoms. The van der Waals surface area contributed by atoms with Gasteiger partial charge in [-0.3, -0.25) is 0 Å². The molecule has 2 N–H and O–H groups in total. The van der Waals surface area contributed by atoms with Crippen LogP contribution in [0.5, 0.6) is 0 Å². The minimum Gasteiger partial charge on any atom is -0.330 e. The highest BCUT2D eigenvalue weighted by Crippen LogP contribution is 1.76. The number of unbranched alkanes of at least 4 members (excludes halogenated alkanes) is 1. The quantitative estimate of drug-likeness (QED) is 0.506. The second-order valence-electron chi connectivity index (χ2n) is 0.996. The smallest absolute Gasteiger partial charge is 0.00773 e. The van der Waals surface area contributed by atoms with Crippen LogP contribution in [0.2, 0.25) is 0 Å². The van der Waals surface area contributed by atoms with Gasteiger partial charge in [-0.1, -0.05) is 13.3 Å². The summed E-state index contributed by atoms with van der Waals surface area (Å²) in [6.45, 7) is 4.38. The summed E-state index contributed by atoms with van der Waals surface area (Å²) in [5.74, 6) is 0. The van der Waals surface area contributed by atoms with Gasteiger partial charge in [0.1, 0.15) is 0 Å². The molecule has 0 aliphatic rings. The number of hydrogen-bond donors (Lipinski definition) is 1. The van der Waals surface area contributed by atoms with Crippen LogP contribution in [0, 0.1) is 6.92 Å². The topological polar surface area (TPSA) is 26.0 Å². The molecular formula is C4H10N. The van der Waals surface area contributed by atoms with E-state index in [2.05, 4.69) is 6.92 Å². The predicted molar refractivity (Wildman–Crippen MR) is 23.6 cm³/mol. The SMILES string of the molecule is [CH2]CCCN. The highest BCUT2D eigenvalue weighted by molar-refractivity contribution is 4.38. The van der Waals surface area contributed by atoms with Gasteiger partial charge in [0.05, 0.1) is 0 Å². The minimum atomic E-state index is 0.781. The Morgan fingerprint density at radius 3 is 2.20 bits per heavy atom. The molecular weight excluding hydrogens is 62.1 g/mol. The van der Waals surface area contributed by atoms with Gasteiger partial charge < -0.3 is 5.73 Å². The highest BCUT2D eigenvalue weighted by Gasteiger charge is 1.68. The van der Waals surface area contributed by atoms with Crippen molar-refractivity contribution in [3.63, 3.8) is 0 Å². The van der Waals surface area contributed by atoms with Crippen LogP contribution in [-0.2, 0) is 0 Å². The molecule has 0 bridgehead atoms. The summed E-state index contributed by atoms with van der Waals surface area (Å²) < 4.78 is 0. The monoisotopic (exact) mass is 72.1 g/mol. The summed E-state index contributed by atoms with van der Waals surface area (Å²) in [5, 5.41) is 0. The van der Waals surface area contributed by atoms with E-state index in [1.165, 1.54) is 0 Å². The molecule has 0 aromatic heterocycles. The molecule has 5 heavy (non-hydrogen) atoms. The summed E-state index contributed by atoms with van der Waals surface area (Å²) in [6.07, 6.45) is 2.02. The van der Waals surface area contributed by atoms with Gasteiger partial charge in [0, 0.05) is 0 Å². The fraction of sp³-hybridized carbons (Fsp3) is 0.750. The second kappa shape index (κ2) is 3.96. The minimum absolute atomic E-state index is 0.781. The summed E-state index contributed by atoms with van der Waals surface area (Å²) in [7, 11) is 0. The Labute approximate surface area is 33.2 Å². The van der Waals surface area contributed by atoms with Gasteiger partial charge in [-0.2, -0.15) is 0 Å². The Bertz CT molecular complexity index is 11.1. The van der Waals surface area contributed by atoms with E-state index in [-0.39, 0.29) is 0 Å². The van der Waals surface area contributed by atoms with Crippen molar-refractivity contribution in [1.82, 2.24) is 0 Å². The molecule has 0 rings (SSSR count). The van der Waals surface area contributed by atoms with E-state index in [9.17, 15) is 0 Å². The van der Waals surface area contributed by atoms with Gasteiger partial charge in [-0.15, -0.1) is 0 Å². The zero-order valence-electron chi connectivity index (χ0n) is 3.41. The van der Waals surface area contributed by atoms with Crippen molar-refractivity contribution in [3.05, 3.63) is 6.92 Å². The summed E-state index contributed by atoms with van der Waals surface area (Å²) in [4.78, 5) is 0. The van der Waals surface area contributed by atoms with Crippen molar-refractivity contribution in [2.75, 3.05) is 6.54 Å². The molecule has 0 aromatic rings. The standard InChI is InChI=1S/C4H10N/c1-2-3-4-5/h1-5H2. The van der Waals surface area contributed by atoms with Crippen LogP contribution in [0.1, 0.15) is 12.8 Å². The third-order valence-electron chi connectivity index (χ3n) is 0.454. The van der Waals surface area contributed by atoms with Gasteiger partial charge in [-0.05, 0) is 13.0 Å². The molecule has 0 saturated carbocycles. The van der Waals surface area contributed by atoms with Crippen molar-refractivity contribution in [1.29, 1.82) is 0 Å². The normalized spacial score (nSPS) is 8.40. The van der Waals surface area contributed by atoms with Crippen LogP contribution in [0.4, 0.5) is 0 Å². The first-order chi connectivity index (χ1) is 2.41. The lowest BCUT2D eigenvalue weighted by molar-refractivity contribution is 0.853. The molecule has 1 nitrogen and oxygen atoms in total. The summed E-state index contributed by atoms with van der Waals surface area (Å²) >= 11 is 0. The fourth-order valence-electron chi connectivity index (χ4n) is 0.144. The van der Waals surface area contributed by atoms with Gasteiger partial charge in [-0.25, -0.2) is 0 Å². The Kier molecular flexibility index (Phi) is 3.93. The van der Waals surface area contributed by atoms with E-state index in [0.29, 0.717) is 0 Å². The van der Waals surface area contributed by atoms with Crippen molar-refractivity contribution in [2.24, 2.45) is 5.73 Å². The largest absolute Gasteiger partial charge is 0.330 e. The van der Waals surface area contributed by atoms with Crippen molar-refractivity contribution in [3.8, 4) is 0 Å². The third-order valence-corrected chi connectivity index (χ3v) is 0.454. The second-order valence-corrected chi connectivity index (χ2v) is 0.996. The van der Waals surface area contributed by atoms with Crippen LogP contribution >= 0.6 is 0 Å². The van der Waals surface area contributed by atoms with E-state index < -0.39 is 0 Å². The maximum atomic E-state index is 5.10. The molecule has 0 fully saturated rings. The average Bonchev–Trinajstić information content (AvgIpc) is 1.41. The molecule has 0 aliphatic carbocycles. The van der Waals surface area contributed by atoms with Gasteiger partial charge in [0.25, 0.3) is 0 Å². The van der Waals surface area contributed by atoms with E-state index in [0.717, 1.165) is 19.4 Å². The fourth-order valence-corrected chi connectivity index (χ4v) is 0.144. The van der Waals surface area contributed by atoms with Crippen LogP contribution < -0.4 is 5.73 Å². The van der Waals surface area contributed by atoms with E-state index in [4.69, 9.17) is 5.73 Å². The van der Waals surface area contributed by atoms with Crippen molar-refractivity contribution >= 4 is 0 Å². The first kappa shape index (κ1) is 4.96. The Morgan fingerprint density at radius 1 is 1.60 bits per heavy atom. The van der Waals surface area contributed by atoms with E-state index >= 15 is 0 Å². The van der Waals surface area contributed by atoms with Crippen LogP contribution in [0.3, 0.4) is 0 Å². The van der Waals surface area contributed by atoms with Crippen molar-refractivity contribution < 1.29 is 0 Å². The van der Waals surface area contributed by atoms with Crippen LogP contribution in [0.15, 0.2) is 0 Å². The first-order valence-electron chi connectivity index (χ1n) is 1.91. The average molecular weight is 72.1 g/mol. The molecule has 31 valence electrons. The van der Waals surface area contributed by atoms with Gasteiger partial charge in [0.15, 0.2) is 0 Å². The molecule has 0 aromatic carbocycles. The van der Waals surface area contributed by atoms with E-state index in [1.54, 1.807) is 0 Å². The third kappa shape index (κ3) is 3.96. The molecule has 1 radical (unpaired) electrons. The lowest BCUT2D eigenvalue weighted by atomic mass is 10.3. The molecule has 0 amide bonds. The Morgan fingerprint density at radius 2 is 2.20 bits per heavy atom. The number of hydrogen-bond acceptors (Lipinski definition) is 1. The Hall–Kier alpha value is -0.0400. The lowest BCUT2D eigenvalue weighted by Crippen LogP contribution is -1.95.